The third-order valence-electron chi connectivity index (χ3n) is 3.08. The minimum Gasteiger partial charge on any atom is -0.297 e. The van der Waals surface area contributed by atoms with E-state index in [1.807, 2.05) is 20.8 Å². The lowest BCUT2D eigenvalue weighted by Crippen LogP contribution is -2.44. The van der Waals surface area contributed by atoms with Crippen LogP contribution in [0, 0.1) is 23.0 Å². The molecule has 0 radical (unpaired) electrons. The molecule has 1 N–H and O–H groups in total. The molecule has 2 nitrogen and oxygen atoms in total. The highest BCUT2D eigenvalue weighted by Gasteiger charge is 2.23. The predicted molar refractivity (Wildman–Crippen MR) is 83.2 cm³/mol. The minimum atomic E-state index is -0.525. The fourth-order valence-corrected chi connectivity index (χ4v) is 3.12. The van der Waals surface area contributed by atoms with Gasteiger partial charge in [0.05, 0.1) is 6.07 Å². The van der Waals surface area contributed by atoms with Crippen molar-refractivity contribution in [2.75, 3.05) is 5.75 Å². The second kappa shape index (κ2) is 8.35. The third-order valence-corrected chi connectivity index (χ3v) is 4.19. The zero-order valence-corrected chi connectivity index (χ0v) is 13.6. The third kappa shape index (κ3) is 6.45. The van der Waals surface area contributed by atoms with Crippen LogP contribution >= 0.6 is 11.8 Å². The van der Waals surface area contributed by atoms with E-state index in [9.17, 15) is 14.0 Å². The normalized spacial score (nSPS) is 14.0. The van der Waals surface area contributed by atoms with Crippen LogP contribution in [-0.2, 0) is 0 Å². The van der Waals surface area contributed by atoms with E-state index in [0.29, 0.717) is 10.6 Å². The second-order valence-electron chi connectivity index (χ2n) is 5.62. The zero-order chi connectivity index (χ0) is 15.9. The van der Waals surface area contributed by atoms with Gasteiger partial charge >= 0.3 is 0 Å². The molecule has 0 aromatic heterocycles. The highest BCUT2D eigenvalue weighted by molar-refractivity contribution is 7.99. The largest absolute Gasteiger partial charge is 0.297 e. The molecule has 0 saturated carbocycles. The van der Waals surface area contributed by atoms with Gasteiger partial charge in [0.2, 0.25) is 0 Å². The summed E-state index contributed by atoms with van der Waals surface area (Å²) in [4.78, 5) is 0.346. The van der Waals surface area contributed by atoms with Crippen LogP contribution in [0.15, 0.2) is 23.1 Å². The predicted octanol–water partition coefficient (Wildman–Crippen LogP) is 4.51. The molecule has 1 rings (SSSR count). The molecule has 0 aliphatic rings. The SMILES string of the molecule is CC(C)NC(C)(C#N)CCCCSc1cc(F)ccc1F. The van der Waals surface area contributed by atoms with Crippen LogP contribution in [0.1, 0.15) is 40.0 Å². The Bertz CT molecular complexity index is 500. The van der Waals surface area contributed by atoms with E-state index in [4.69, 9.17) is 0 Å². The molecule has 0 aliphatic heterocycles. The standard InChI is InChI=1S/C16H22F2N2S/c1-12(2)20-16(3,11-19)8-4-5-9-21-15-10-13(17)6-7-14(15)18/h6-7,10,12,20H,4-5,8-9H2,1-3H3. The van der Waals surface area contributed by atoms with Gasteiger partial charge in [0.25, 0.3) is 0 Å². The molecule has 1 atom stereocenters. The second-order valence-corrected chi connectivity index (χ2v) is 6.76. The van der Waals surface area contributed by atoms with E-state index in [1.54, 1.807) is 0 Å². The molecule has 5 heteroatoms. The van der Waals surface area contributed by atoms with Crippen LogP contribution in [-0.4, -0.2) is 17.3 Å². The van der Waals surface area contributed by atoms with E-state index >= 15 is 0 Å². The maximum Gasteiger partial charge on any atom is 0.136 e. The number of hydrogen-bond acceptors (Lipinski definition) is 3. The Morgan fingerprint density at radius 2 is 2.05 bits per heavy atom. The summed E-state index contributed by atoms with van der Waals surface area (Å²) in [5.74, 6) is -0.0920. The molecule has 116 valence electrons. The Balaban J connectivity index is 2.34. The zero-order valence-electron chi connectivity index (χ0n) is 12.7. The first-order valence-electron chi connectivity index (χ1n) is 7.13. The average Bonchev–Trinajstić information content (AvgIpc) is 2.41. The van der Waals surface area contributed by atoms with Gasteiger partial charge in [-0.3, -0.25) is 5.32 Å². The fourth-order valence-electron chi connectivity index (χ4n) is 2.15. The van der Waals surface area contributed by atoms with Crippen LogP contribution < -0.4 is 5.32 Å². The van der Waals surface area contributed by atoms with Gasteiger partial charge in [0, 0.05) is 10.9 Å². The molecule has 1 unspecified atom stereocenters. The summed E-state index contributed by atoms with van der Waals surface area (Å²) in [6, 6.07) is 6.05. The molecule has 0 aliphatic carbocycles. The highest BCUT2D eigenvalue weighted by Crippen LogP contribution is 2.24. The van der Waals surface area contributed by atoms with Crippen molar-refractivity contribution in [3.05, 3.63) is 29.8 Å². The molecule has 0 spiro atoms. The highest BCUT2D eigenvalue weighted by atomic mass is 32.2. The van der Waals surface area contributed by atoms with E-state index in [1.165, 1.54) is 17.8 Å². The van der Waals surface area contributed by atoms with Gasteiger partial charge in [-0.05, 0) is 64.0 Å². The van der Waals surface area contributed by atoms with Crippen molar-refractivity contribution in [2.24, 2.45) is 0 Å². The number of thioether (sulfide) groups is 1. The van der Waals surface area contributed by atoms with Crippen LogP contribution in [0.3, 0.4) is 0 Å². The lowest BCUT2D eigenvalue weighted by atomic mass is 9.96. The van der Waals surface area contributed by atoms with E-state index in [0.717, 1.165) is 31.4 Å². The van der Waals surface area contributed by atoms with Crippen molar-refractivity contribution in [3.8, 4) is 6.07 Å². The monoisotopic (exact) mass is 312 g/mol. The summed E-state index contributed by atoms with van der Waals surface area (Å²) in [5, 5.41) is 12.5. The first-order valence-corrected chi connectivity index (χ1v) is 8.11. The van der Waals surface area contributed by atoms with Crippen LogP contribution in [0.2, 0.25) is 0 Å². The van der Waals surface area contributed by atoms with Crippen molar-refractivity contribution in [1.82, 2.24) is 5.32 Å². The number of nitrogens with zero attached hydrogens (tertiary/aromatic N) is 1. The van der Waals surface area contributed by atoms with E-state index in [2.05, 4.69) is 11.4 Å². The Morgan fingerprint density at radius 1 is 1.33 bits per heavy atom. The summed E-state index contributed by atoms with van der Waals surface area (Å²) < 4.78 is 26.4. The Labute approximate surface area is 129 Å². The Hall–Kier alpha value is -1.12. The first kappa shape index (κ1) is 17.9. The molecular weight excluding hydrogens is 290 g/mol. The Kier molecular flexibility index (Phi) is 7.13. The maximum absolute atomic E-state index is 13.4. The quantitative estimate of drug-likeness (QED) is 0.567. The summed E-state index contributed by atoms with van der Waals surface area (Å²) >= 11 is 1.31. The van der Waals surface area contributed by atoms with Gasteiger partial charge in [-0.15, -0.1) is 11.8 Å². The van der Waals surface area contributed by atoms with Gasteiger partial charge in [-0.25, -0.2) is 8.78 Å². The number of unbranched alkanes of at least 4 members (excludes halogenated alkanes) is 1. The van der Waals surface area contributed by atoms with Gasteiger partial charge in [0.15, 0.2) is 0 Å². The molecule has 0 fully saturated rings. The molecule has 0 heterocycles. The van der Waals surface area contributed by atoms with E-state index < -0.39 is 11.4 Å². The lowest BCUT2D eigenvalue weighted by Gasteiger charge is -2.25. The van der Waals surface area contributed by atoms with Gasteiger partial charge in [0.1, 0.15) is 17.2 Å². The number of benzene rings is 1. The number of nitriles is 1. The lowest BCUT2D eigenvalue weighted by molar-refractivity contribution is 0.372. The number of rotatable bonds is 8. The molecule has 1 aromatic carbocycles. The molecule has 1 aromatic rings. The van der Waals surface area contributed by atoms with Crippen LogP contribution in [0.5, 0.6) is 0 Å². The van der Waals surface area contributed by atoms with Crippen LogP contribution in [0.4, 0.5) is 8.78 Å². The summed E-state index contributed by atoms with van der Waals surface area (Å²) in [5.41, 5.74) is -0.525. The van der Waals surface area contributed by atoms with Crippen molar-refractivity contribution < 1.29 is 8.78 Å². The summed E-state index contributed by atoms with van der Waals surface area (Å²) in [6.45, 7) is 5.92. The smallest absolute Gasteiger partial charge is 0.136 e. The number of hydrogen-bond donors (Lipinski definition) is 1. The summed E-state index contributed by atoms with van der Waals surface area (Å²) in [7, 11) is 0. The maximum atomic E-state index is 13.4. The minimum absolute atomic E-state index is 0.255. The molecule has 0 saturated heterocycles. The van der Waals surface area contributed by atoms with E-state index in [-0.39, 0.29) is 11.9 Å². The first-order chi connectivity index (χ1) is 9.86. The number of nitrogens with one attached hydrogen (secondary N) is 1. The Morgan fingerprint density at radius 3 is 2.67 bits per heavy atom. The van der Waals surface area contributed by atoms with Gasteiger partial charge in [-0.1, -0.05) is 0 Å². The topological polar surface area (TPSA) is 35.8 Å². The van der Waals surface area contributed by atoms with Crippen LogP contribution in [0.25, 0.3) is 0 Å². The van der Waals surface area contributed by atoms with Gasteiger partial charge in [-0.2, -0.15) is 5.26 Å². The molecule has 0 bridgehead atoms. The van der Waals surface area contributed by atoms with Crippen molar-refractivity contribution in [1.29, 1.82) is 5.26 Å². The molecule has 0 amide bonds. The molecule has 21 heavy (non-hydrogen) atoms. The van der Waals surface area contributed by atoms with Gasteiger partial charge < -0.3 is 0 Å². The number of halogens is 2. The average molecular weight is 312 g/mol. The molecular formula is C16H22F2N2S. The van der Waals surface area contributed by atoms with Crippen molar-refractivity contribution in [3.63, 3.8) is 0 Å². The van der Waals surface area contributed by atoms with Crippen molar-refractivity contribution in [2.45, 2.75) is 56.5 Å². The van der Waals surface area contributed by atoms with Crippen molar-refractivity contribution >= 4 is 11.8 Å². The summed E-state index contributed by atoms with van der Waals surface area (Å²) in [6.07, 6.45) is 2.47. The fraction of sp³-hybridized carbons (Fsp3) is 0.562.